The molecule has 28 heavy (non-hydrogen) atoms. The van der Waals surface area contributed by atoms with E-state index in [0.29, 0.717) is 33.5 Å². The third-order valence-electron chi connectivity index (χ3n) is 3.72. The number of hydrogen-bond acceptors (Lipinski definition) is 6. The van der Waals surface area contributed by atoms with Gasteiger partial charge in [-0.05, 0) is 38.1 Å². The van der Waals surface area contributed by atoms with Gasteiger partial charge in [0.2, 0.25) is 5.91 Å². The van der Waals surface area contributed by atoms with Crippen molar-refractivity contribution in [2.24, 2.45) is 0 Å². The fourth-order valence-corrected chi connectivity index (χ4v) is 3.38. The minimum atomic E-state index is -0.195. The van der Waals surface area contributed by atoms with Gasteiger partial charge in [-0.25, -0.2) is 9.97 Å². The summed E-state index contributed by atoms with van der Waals surface area (Å²) in [6, 6.07) is 18.7. The molecule has 0 radical (unpaired) electrons. The van der Waals surface area contributed by atoms with E-state index in [1.807, 2.05) is 42.5 Å². The Hall–Kier alpha value is -3.37. The Balaban J connectivity index is 1.63. The van der Waals surface area contributed by atoms with Gasteiger partial charge in [0.25, 0.3) is 0 Å². The standard InChI is InChI=1S/C21H18N4O2S/c1-14-19(12-22)21(24-15(2)23-14)28-13-20(26)25-16-7-6-10-18(11-16)27-17-8-4-3-5-9-17/h3-11H,13H2,1-2H3,(H,25,26). The Labute approximate surface area is 167 Å². The van der Waals surface area contributed by atoms with Crippen LogP contribution in [0.2, 0.25) is 0 Å². The van der Waals surface area contributed by atoms with E-state index in [4.69, 9.17) is 4.74 Å². The molecular formula is C21H18N4O2S. The molecule has 0 saturated carbocycles. The SMILES string of the molecule is Cc1nc(C)c(C#N)c(SCC(=O)Nc2cccc(Oc3ccccc3)c2)n1. The largest absolute Gasteiger partial charge is 0.457 e. The summed E-state index contributed by atoms with van der Waals surface area (Å²) in [4.78, 5) is 20.8. The summed E-state index contributed by atoms with van der Waals surface area (Å²) in [5.41, 5.74) is 1.65. The second-order valence-electron chi connectivity index (χ2n) is 5.93. The van der Waals surface area contributed by atoms with Crippen LogP contribution in [0.1, 0.15) is 17.1 Å². The van der Waals surface area contributed by atoms with E-state index < -0.39 is 0 Å². The Morgan fingerprint density at radius 1 is 1.11 bits per heavy atom. The van der Waals surface area contributed by atoms with E-state index >= 15 is 0 Å². The Kier molecular flexibility index (Phi) is 6.25. The monoisotopic (exact) mass is 390 g/mol. The maximum Gasteiger partial charge on any atom is 0.234 e. The van der Waals surface area contributed by atoms with E-state index in [-0.39, 0.29) is 11.7 Å². The smallest absolute Gasteiger partial charge is 0.234 e. The van der Waals surface area contributed by atoms with E-state index in [9.17, 15) is 10.1 Å². The van der Waals surface area contributed by atoms with E-state index in [1.165, 1.54) is 11.8 Å². The van der Waals surface area contributed by atoms with E-state index in [1.54, 1.807) is 26.0 Å². The summed E-state index contributed by atoms with van der Waals surface area (Å²) in [6.07, 6.45) is 0. The molecule has 0 aliphatic heterocycles. The van der Waals surface area contributed by atoms with Crippen molar-refractivity contribution < 1.29 is 9.53 Å². The van der Waals surface area contributed by atoms with Gasteiger partial charge in [-0.3, -0.25) is 4.79 Å². The molecule has 0 fully saturated rings. The Bertz CT molecular complexity index is 1030. The fourth-order valence-electron chi connectivity index (χ4n) is 2.51. The quantitative estimate of drug-likeness (QED) is 0.493. The molecule has 3 aromatic rings. The maximum atomic E-state index is 12.3. The predicted octanol–water partition coefficient (Wildman–Crippen LogP) is 4.49. The molecule has 6 nitrogen and oxygen atoms in total. The van der Waals surface area contributed by atoms with Crippen molar-refractivity contribution in [2.75, 3.05) is 11.1 Å². The van der Waals surface area contributed by atoms with Crippen LogP contribution >= 0.6 is 11.8 Å². The van der Waals surface area contributed by atoms with Crippen LogP contribution in [0, 0.1) is 25.2 Å². The number of ether oxygens (including phenoxy) is 1. The van der Waals surface area contributed by atoms with Gasteiger partial charge in [0, 0.05) is 11.8 Å². The topological polar surface area (TPSA) is 87.9 Å². The lowest BCUT2D eigenvalue weighted by Crippen LogP contribution is -2.14. The number of carbonyl (C=O) groups is 1. The average Bonchev–Trinajstić information content (AvgIpc) is 2.67. The first-order valence-electron chi connectivity index (χ1n) is 8.56. The first kappa shape index (κ1) is 19.4. The summed E-state index contributed by atoms with van der Waals surface area (Å²) in [5, 5.41) is 12.6. The van der Waals surface area contributed by atoms with Crippen molar-refractivity contribution in [3.8, 4) is 17.6 Å². The van der Waals surface area contributed by atoms with Crippen LogP contribution in [-0.2, 0) is 4.79 Å². The Morgan fingerprint density at radius 3 is 2.61 bits per heavy atom. The van der Waals surface area contributed by atoms with Crippen molar-refractivity contribution >= 4 is 23.4 Å². The van der Waals surface area contributed by atoms with Crippen molar-refractivity contribution in [1.29, 1.82) is 5.26 Å². The summed E-state index contributed by atoms with van der Waals surface area (Å²) in [5.74, 6) is 1.87. The van der Waals surface area contributed by atoms with Gasteiger partial charge in [-0.2, -0.15) is 5.26 Å². The van der Waals surface area contributed by atoms with Crippen molar-refractivity contribution in [3.05, 3.63) is 71.7 Å². The zero-order chi connectivity index (χ0) is 19.9. The number of para-hydroxylation sites is 1. The van der Waals surface area contributed by atoms with Gasteiger partial charge in [-0.15, -0.1) is 0 Å². The van der Waals surface area contributed by atoms with Crippen LogP contribution in [0.15, 0.2) is 59.6 Å². The number of nitrogens with zero attached hydrogens (tertiary/aromatic N) is 3. The number of amides is 1. The lowest BCUT2D eigenvalue weighted by Gasteiger charge is -2.09. The number of benzene rings is 2. The highest BCUT2D eigenvalue weighted by atomic mass is 32.2. The number of rotatable bonds is 6. The first-order valence-corrected chi connectivity index (χ1v) is 9.54. The molecule has 0 aliphatic carbocycles. The molecule has 140 valence electrons. The van der Waals surface area contributed by atoms with Gasteiger partial charge < -0.3 is 10.1 Å². The van der Waals surface area contributed by atoms with Crippen LogP contribution < -0.4 is 10.1 Å². The minimum absolute atomic E-state index is 0.133. The third-order valence-corrected chi connectivity index (χ3v) is 4.69. The van der Waals surface area contributed by atoms with Crippen LogP contribution in [0.5, 0.6) is 11.5 Å². The van der Waals surface area contributed by atoms with Gasteiger partial charge in [0.1, 0.15) is 34.0 Å². The zero-order valence-corrected chi connectivity index (χ0v) is 16.3. The number of hydrogen-bond donors (Lipinski definition) is 1. The third kappa shape index (κ3) is 5.09. The fraction of sp³-hybridized carbons (Fsp3) is 0.143. The highest BCUT2D eigenvalue weighted by Gasteiger charge is 2.13. The Morgan fingerprint density at radius 2 is 1.86 bits per heavy atom. The molecule has 3 rings (SSSR count). The normalized spacial score (nSPS) is 10.2. The maximum absolute atomic E-state index is 12.3. The summed E-state index contributed by atoms with van der Waals surface area (Å²) >= 11 is 1.22. The van der Waals surface area contributed by atoms with Crippen molar-refractivity contribution in [3.63, 3.8) is 0 Å². The summed E-state index contributed by atoms with van der Waals surface area (Å²) in [6.45, 7) is 3.52. The number of thioether (sulfide) groups is 1. The lowest BCUT2D eigenvalue weighted by molar-refractivity contribution is -0.113. The molecule has 1 heterocycles. The highest BCUT2D eigenvalue weighted by molar-refractivity contribution is 8.00. The number of nitrogens with one attached hydrogen (secondary N) is 1. The molecule has 0 aliphatic rings. The second-order valence-corrected chi connectivity index (χ2v) is 6.89. The highest BCUT2D eigenvalue weighted by Crippen LogP contribution is 2.25. The number of carbonyl (C=O) groups excluding carboxylic acids is 1. The molecular weight excluding hydrogens is 372 g/mol. The predicted molar refractivity (Wildman–Crippen MR) is 109 cm³/mol. The molecule has 1 amide bonds. The van der Waals surface area contributed by atoms with Gasteiger partial charge >= 0.3 is 0 Å². The molecule has 7 heteroatoms. The summed E-state index contributed by atoms with van der Waals surface area (Å²) in [7, 11) is 0. The minimum Gasteiger partial charge on any atom is -0.457 e. The summed E-state index contributed by atoms with van der Waals surface area (Å²) < 4.78 is 5.78. The van der Waals surface area contributed by atoms with E-state index in [2.05, 4.69) is 21.4 Å². The molecule has 1 aromatic heterocycles. The van der Waals surface area contributed by atoms with Crippen molar-refractivity contribution in [2.45, 2.75) is 18.9 Å². The van der Waals surface area contributed by atoms with Crippen LogP contribution in [0.3, 0.4) is 0 Å². The second kappa shape index (κ2) is 9.02. The number of anilines is 1. The zero-order valence-electron chi connectivity index (χ0n) is 15.5. The molecule has 2 aromatic carbocycles. The molecule has 0 saturated heterocycles. The molecule has 1 N–H and O–H groups in total. The van der Waals surface area contributed by atoms with Gasteiger partial charge in [0.15, 0.2) is 0 Å². The first-order chi connectivity index (χ1) is 13.5. The average molecular weight is 390 g/mol. The van der Waals surface area contributed by atoms with Crippen LogP contribution in [0.4, 0.5) is 5.69 Å². The number of aryl methyl sites for hydroxylation is 2. The number of aromatic nitrogens is 2. The lowest BCUT2D eigenvalue weighted by atomic mass is 10.3. The van der Waals surface area contributed by atoms with Crippen LogP contribution in [-0.4, -0.2) is 21.6 Å². The molecule has 0 spiro atoms. The molecule has 0 unspecified atom stereocenters. The number of nitriles is 1. The molecule has 0 atom stereocenters. The van der Waals surface area contributed by atoms with E-state index in [0.717, 1.165) is 5.75 Å². The molecule has 0 bridgehead atoms. The van der Waals surface area contributed by atoms with Crippen molar-refractivity contribution in [1.82, 2.24) is 9.97 Å². The van der Waals surface area contributed by atoms with Gasteiger partial charge in [0.05, 0.1) is 11.4 Å². The van der Waals surface area contributed by atoms with Crippen LogP contribution in [0.25, 0.3) is 0 Å². The van der Waals surface area contributed by atoms with Gasteiger partial charge in [-0.1, -0.05) is 36.0 Å².